The highest BCUT2D eigenvalue weighted by Crippen LogP contribution is 2.29. The van der Waals surface area contributed by atoms with Crippen molar-refractivity contribution in [1.29, 1.82) is 0 Å². The lowest BCUT2D eigenvalue weighted by Gasteiger charge is -2.06. The number of rotatable bonds is 5. The van der Waals surface area contributed by atoms with Crippen molar-refractivity contribution in [1.82, 2.24) is 4.98 Å². The Labute approximate surface area is 119 Å². The second-order valence-electron chi connectivity index (χ2n) is 4.48. The minimum atomic E-state index is -4.28. The fraction of sp³-hybridized carbons (Fsp3) is 0.357. The van der Waals surface area contributed by atoms with Crippen LogP contribution in [0.15, 0.2) is 30.5 Å². The fourth-order valence-corrected chi connectivity index (χ4v) is 2.81. The average Bonchev–Trinajstić information content (AvgIpc) is 2.83. The highest BCUT2D eigenvalue weighted by Gasteiger charge is 2.29. The van der Waals surface area contributed by atoms with Gasteiger partial charge in [0.1, 0.15) is 0 Å². The van der Waals surface area contributed by atoms with Gasteiger partial charge < -0.3 is 5.73 Å². The topological polar surface area (TPSA) is 38.9 Å². The van der Waals surface area contributed by atoms with Crippen LogP contribution in [0.4, 0.5) is 13.2 Å². The molecule has 2 aromatic rings. The van der Waals surface area contributed by atoms with Gasteiger partial charge in [0, 0.05) is 17.5 Å². The molecule has 2 nitrogen and oxygen atoms in total. The maximum Gasteiger partial charge on any atom is 0.416 e. The zero-order valence-electron chi connectivity index (χ0n) is 10.8. The van der Waals surface area contributed by atoms with Crippen LogP contribution in [-0.2, 0) is 19.0 Å². The molecule has 0 saturated heterocycles. The van der Waals surface area contributed by atoms with Gasteiger partial charge >= 0.3 is 6.18 Å². The molecule has 1 aromatic carbocycles. The van der Waals surface area contributed by atoms with Gasteiger partial charge in [-0.2, -0.15) is 13.2 Å². The van der Waals surface area contributed by atoms with Crippen LogP contribution in [0.25, 0.3) is 0 Å². The predicted octanol–water partition coefficient (Wildman–Crippen LogP) is 3.64. The second kappa shape index (κ2) is 6.37. The molecular formula is C14H15F3N2S. The third-order valence-electron chi connectivity index (χ3n) is 2.87. The van der Waals surface area contributed by atoms with Gasteiger partial charge in [0.15, 0.2) is 0 Å². The predicted molar refractivity (Wildman–Crippen MR) is 73.7 cm³/mol. The molecule has 0 atom stereocenters. The summed E-state index contributed by atoms with van der Waals surface area (Å²) in [7, 11) is 0. The molecule has 0 radical (unpaired) electrons. The van der Waals surface area contributed by atoms with E-state index in [0.717, 1.165) is 40.4 Å². The number of thiazole rings is 1. The quantitative estimate of drug-likeness (QED) is 0.915. The van der Waals surface area contributed by atoms with Crippen molar-refractivity contribution in [3.8, 4) is 0 Å². The first-order valence-corrected chi connectivity index (χ1v) is 7.10. The molecule has 2 rings (SSSR count). The monoisotopic (exact) mass is 300 g/mol. The summed E-state index contributed by atoms with van der Waals surface area (Å²) in [6.07, 6.45) is -0.0800. The Bertz CT molecular complexity index is 546. The molecule has 0 saturated carbocycles. The van der Waals surface area contributed by atoms with Gasteiger partial charge in [-0.1, -0.05) is 12.1 Å². The van der Waals surface area contributed by atoms with Crippen molar-refractivity contribution < 1.29 is 13.2 Å². The molecule has 0 amide bonds. The molecule has 1 aromatic heterocycles. The standard InChI is InChI=1S/C14H15F3N2S/c15-14(16,17)11-5-3-10(4-6-11)8-13-19-9-12(20-13)2-1-7-18/h3-6,9H,1-2,7-8,18H2. The number of nitrogens with zero attached hydrogens (tertiary/aromatic N) is 1. The highest BCUT2D eigenvalue weighted by atomic mass is 32.1. The summed E-state index contributed by atoms with van der Waals surface area (Å²) in [5.74, 6) is 0. The number of benzene rings is 1. The zero-order valence-corrected chi connectivity index (χ0v) is 11.6. The Morgan fingerprint density at radius 2 is 1.85 bits per heavy atom. The molecule has 0 bridgehead atoms. The van der Waals surface area contributed by atoms with Crippen LogP contribution in [0.3, 0.4) is 0 Å². The molecule has 0 aliphatic carbocycles. The molecule has 2 N–H and O–H groups in total. The van der Waals surface area contributed by atoms with E-state index in [0.29, 0.717) is 13.0 Å². The van der Waals surface area contributed by atoms with Gasteiger partial charge in [-0.15, -0.1) is 11.3 Å². The molecular weight excluding hydrogens is 285 g/mol. The number of hydrogen-bond donors (Lipinski definition) is 1. The van der Waals surface area contributed by atoms with Crippen LogP contribution in [0.2, 0.25) is 0 Å². The van der Waals surface area contributed by atoms with Gasteiger partial charge in [0.25, 0.3) is 0 Å². The van der Waals surface area contributed by atoms with E-state index >= 15 is 0 Å². The van der Waals surface area contributed by atoms with Gasteiger partial charge in [0.05, 0.1) is 10.6 Å². The zero-order chi connectivity index (χ0) is 14.6. The van der Waals surface area contributed by atoms with E-state index in [1.165, 1.54) is 12.1 Å². The molecule has 20 heavy (non-hydrogen) atoms. The van der Waals surface area contributed by atoms with E-state index in [1.807, 2.05) is 6.20 Å². The van der Waals surface area contributed by atoms with E-state index in [-0.39, 0.29) is 0 Å². The van der Waals surface area contributed by atoms with Gasteiger partial charge in [-0.25, -0.2) is 4.98 Å². The Hall–Kier alpha value is -1.40. The lowest BCUT2D eigenvalue weighted by Crippen LogP contribution is -2.04. The molecule has 6 heteroatoms. The average molecular weight is 300 g/mol. The Morgan fingerprint density at radius 3 is 2.45 bits per heavy atom. The van der Waals surface area contributed by atoms with Crippen LogP contribution in [0, 0.1) is 0 Å². The van der Waals surface area contributed by atoms with Gasteiger partial charge in [-0.3, -0.25) is 0 Å². The molecule has 0 spiro atoms. The maximum atomic E-state index is 12.4. The molecule has 108 valence electrons. The number of hydrogen-bond acceptors (Lipinski definition) is 3. The summed E-state index contributed by atoms with van der Waals surface area (Å²) in [6, 6.07) is 5.23. The number of aryl methyl sites for hydroxylation is 1. The normalized spacial score (nSPS) is 11.8. The third kappa shape index (κ3) is 4.05. The minimum absolute atomic E-state index is 0.561. The van der Waals surface area contributed by atoms with Crippen molar-refractivity contribution in [2.75, 3.05) is 6.54 Å². The summed E-state index contributed by atoms with van der Waals surface area (Å²) in [4.78, 5) is 5.46. The first-order chi connectivity index (χ1) is 9.49. The number of halogens is 3. The summed E-state index contributed by atoms with van der Waals surface area (Å²) in [5.41, 5.74) is 5.66. The minimum Gasteiger partial charge on any atom is -0.330 e. The van der Waals surface area contributed by atoms with Gasteiger partial charge in [-0.05, 0) is 37.1 Å². The number of aromatic nitrogens is 1. The van der Waals surface area contributed by atoms with Crippen molar-refractivity contribution in [2.45, 2.75) is 25.4 Å². The van der Waals surface area contributed by atoms with Gasteiger partial charge in [0.2, 0.25) is 0 Å². The third-order valence-corrected chi connectivity index (χ3v) is 3.92. The summed E-state index contributed by atoms with van der Waals surface area (Å²) in [6.45, 7) is 0.645. The summed E-state index contributed by atoms with van der Waals surface area (Å²) < 4.78 is 37.3. The number of alkyl halides is 3. The first-order valence-electron chi connectivity index (χ1n) is 6.29. The highest BCUT2D eigenvalue weighted by molar-refractivity contribution is 7.11. The fourth-order valence-electron chi connectivity index (χ4n) is 1.81. The van der Waals surface area contributed by atoms with Crippen LogP contribution in [0.5, 0.6) is 0 Å². The SMILES string of the molecule is NCCCc1cnc(Cc2ccc(C(F)(F)F)cc2)s1. The largest absolute Gasteiger partial charge is 0.416 e. The van der Waals surface area contributed by atoms with E-state index in [2.05, 4.69) is 4.98 Å². The Morgan fingerprint density at radius 1 is 1.15 bits per heavy atom. The van der Waals surface area contributed by atoms with Crippen molar-refractivity contribution in [3.05, 3.63) is 51.5 Å². The molecule has 0 aliphatic rings. The summed E-state index contributed by atoms with van der Waals surface area (Å²) in [5, 5.41) is 0.914. The van der Waals surface area contributed by atoms with E-state index in [4.69, 9.17) is 5.73 Å². The smallest absolute Gasteiger partial charge is 0.330 e. The van der Waals surface area contributed by atoms with E-state index in [9.17, 15) is 13.2 Å². The van der Waals surface area contributed by atoms with Crippen molar-refractivity contribution in [3.63, 3.8) is 0 Å². The Kier molecular flexibility index (Phi) is 4.77. The summed E-state index contributed by atoms with van der Waals surface area (Å²) >= 11 is 1.59. The van der Waals surface area contributed by atoms with Crippen molar-refractivity contribution >= 4 is 11.3 Å². The van der Waals surface area contributed by atoms with E-state index < -0.39 is 11.7 Å². The Balaban J connectivity index is 2.01. The van der Waals surface area contributed by atoms with Crippen molar-refractivity contribution in [2.24, 2.45) is 5.73 Å². The maximum absolute atomic E-state index is 12.4. The number of nitrogens with two attached hydrogens (primary N) is 1. The molecule has 1 heterocycles. The molecule has 0 aliphatic heterocycles. The van der Waals surface area contributed by atoms with Crippen LogP contribution < -0.4 is 5.73 Å². The lowest BCUT2D eigenvalue weighted by atomic mass is 10.1. The molecule has 0 unspecified atom stereocenters. The lowest BCUT2D eigenvalue weighted by molar-refractivity contribution is -0.137. The van der Waals surface area contributed by atoms with Crippen LogP contribution in [-0.4, -0.2) is 11.5 Å². The second-order valence-corrected chi connectivity index (χ2v) is 5.68. The first kappa shape index (κ1) is 15.0. The van der Waals surface area contributed by atoms with E-state index in [1.54, 1.807) is 11.3 Å². The molecule has 0 fully saturated rings. The van der Waals surface area contributed by atoms with Crippen LogP contribution >= 0.6 is 11.3 Å². The van der Waals surface area contributed by atoms with Crippen LogP contribution in [0.1, 0.15) is 27.4 Å².